The molecule has 0 aliphatic carbocycles. The van der Waals surface area contributed by atoms with Crippen molar-refractivity contribution in [3.63, 3.8) is 0 Å². The van der Waals surface area contributed by atoms with Crippen molar-refractivity contribution in [1.29, 1.82) is 0 Å². The fourth-order valence-electron chi connectivity index (χ4n) is 3.47. The number of benzene rings is 3. The molecule has 0 aliphatic heterocycles. The maximum absolute atomic E-state index is 4.95. The summed E-state index contributed by atoms with van der Waals surface area (Å²) in [7, 11) is 0. The lowest BCUT2D eigenvalue weighted by Gasteiger charge is -2.13. The van der Waals surface area contributed by atoms with Crippen LogP contribution in [0.25, 0.3) is 32.9 Å². The molecule has 1 heterocycles. The second-order valence-corrected chi connectivity index (χ2v) is 7.14. The van der Waals surface area contributed by atoms with Gasteiger partial charge in [0.2, 0.25) is 0 Å². The molecule has 0 radical (unpaired) electrons. The maximum atomic E-state index is 4.95. The molecule has 0 spiro atoms. The highest BCUT2D eigenvalue weighted by atomic mass is 14.9. The van der Waals surface area contributed by atoms with Crippen LogP contribution in [0.1, 0.15) is 36.7 Å². The molecule has 2 nitrogen and oxygen atoms in total. The van der Waals surface area contributed by atoms with E-state index in [0.29, 0.717) is 0 Å². The molecule has 0 N–H and O–H groups in total. The average molecular weight is 326 g/mol. The third-order valence-corrected chi connectivity index (χ3v) is 4.62. The van der Waals surface area contributed by atoms with Gasteiger partial charge in [-0.15, -0.1) is 0 Å². The first-order valence-electron chi connectivity index (χ1n) is 8.81. The smallest absolute Gasteiger partial charge is 0.132 e. The van der Waals surface area contributed by atoms with Gasteiger partial charge < -0.3 is 0 Å². The molecular weight excluding hydrogens is 304 g/mol. The fourth-order valence-corrected chi connectivity index (χ4v) is 3.47. The first-order chi connectivity index (χ1) is 12.0. The molecule has 0 saturated carbocycles. The van der Waals surface area contributed by atoms with E-state index in [-0.39, 0.29) is 5.92 Å². The number of hydrogen-bond acceptors (Lipinski definition) is 2. The number of nitrogens with zero attached hydrogens (tertiary/aromatic N) is 2. The van der Waals surface area contributed by atoms with Gasteiger partial charge in [-0.2, -0.15) is 0 Å². The zero-order valence-corrected chi connectivity index (χ0v) is 15.2. The zero-order chi connectivity index (χ0) is 17.6. The SMILES string of the molecule is Cc1cc(C)cc(-c2nc(C(C)C)nc3c2ccc2ccccc23)c1. The average Bonchev–Trinajstić information content (AvgIpc) is 2.59. The van der Waals surface area contributed by atoms with Crippen LogP contribution in [0.2, 0.25) is 0 Å². The van der Waals surface area contributed by atoms with Crippen LogP contribution in [0.5, 0.6) is 0 Å². The topological polar surface area (TPSA) is 25.8 Å². The first-order valence-corrected chi connectivity index (χ1v) is 8.81. The van der Waals surface area contributed by atoms with Gasteiger partial charge >= 0.3 is 0 Å². The Morgan fingerprint density at radius 2 is 1.48 bits per heavy atom. The largest absolute Gasteiger partial charge is 0.232 e. The third kappa shape index (κ3) is 2.78. The van der Waals surface area contributed by atoms with Crippen LogP contribution in [-0.4, -0.2) is 9.97 Å². The summed E-state index contributed by atoms with van der Waals surface area (Å²) in [5, 5.41) is 3.53. The van der Waals surface area contributed by atoms with Gasteiger partial charge in [-0.05, 0) is 37.4 Å². The van der Waals surface area contributed by atoms with Gasteiger partial charge in [-0.1, -0.05) is 61.4 Å². The molecule has 4 rings (SSSR count). The van der Waals surface area contributed by atoms with Crippen molar-refractivity contribution in [1.82, 2.24) is 9.97 Å². The third-order valence-electron chi connectivity index (χ3n) is 4.62. The lowest BCUT2D eigenvalue weighted by atomic mass is 9.99. The Labute approximate surface area is 148 Å². The Morgan fingerprint density at radius 1 is 0.760 bits per heavy atom. The Bertz CT molecular complexity index is 1070. The summed E-state index contributed by atoms with van der Waals surface area (Å²) in [5.41, 5.74) is 5.77. The van der Waals surface area contributed by atoms with E-state index in [1.807, 2.05) is 0 Å². The van der Waals surface area contributed by atoms with E-state index >= 15 is 0 Å². The quantitative estimate of drug-likeness (QED) is 0.410. The summed E-state index contributed by atoms with van der Waals surface area (Å²) in [6.45, 7) is 8.58. The molecule has 124 valence electrons. The minimum atomic E-state index is 0.285. The van der Waals surface area contributed by atoms with Gasteiger partial charge in [0, 0.05) is 22.3 Å². The van der Waals surface area contributed by atoms with Gasteiger partial charge in [0.15, 0.2) is 0 Å². The van der Waals surface area contributed by atoms with Crippen molar-refractivity contribution >= 4 is 21.7 Å². The standard InChI is InChI=1S/C23H22N2/c1-14(2)23-24-21(18-12-15(3)11-16(4)13-18)20-10-9-17-7-5-6-8-19(17)22(20)25-23/h5-14H,1-4H3. The van der Waals surface area contributed by atoms with Gasteiger partial charge in [0.25, 0.3) is 0 Å². The lowest BCUT2D eigenvalue weighted by molar-refractivity contribution is 0.785. The summed E-state index contributed by atoms with van der Waals surface area (Å²) in [6, 6.07) is 19.4. The molecule has 3 aromatic carbocycles. The lowest BCUT2D eigenvalue weighted by Crippen LogP contribution is -2.01. The normalized spacial score (nSPS) is 11.6. The van der Waals surface area contributed by atoms with E-state index in [9.17, 15) is 0 Å². The molecule has 0 saturated heterocycles. The molecule has 0 aliphatic rings. The predicted octanol–water partition coefficient (Wildman–Crippen LogP) is 6.19. The van der Waals surface area contributed by atoms with Crippen molar-refractivity contribution in [3.05, 3.63) is 71.5 Å². The van der Waals surface area contributed by atoms with E-state index in [1.165, 1.54) is 27.5 Å². The summed E-state index contributed by atoms with van der Waals surface area (Å²) in [6.07, 6.45) is 0. The van der Waals surface area contributed by atoms with Crippen molar-refractivity contribution in [2.45, 2.75) is 33.6 Å². The van der Waals surface area contributed by atoms with Crippen molar-refractivity contribution in [3.8, 4) is 11.3 Å². The molecule has 2 heteroatoms. The van der Waals surface area contributed by atoms with Gasteiger partial charge in [-0.25, -0.2) is 9.97 Å². The highest BCUT2D eigenvalue weighted by molar-refractivity contribution is 6.09. The summed E-state index contributed by atoms with van der Waals surface area (Å²) in [5.74, 6) is 1.19. The minimum absolute atomic E-state index is 0.285. The van der Waals surface area contributed by atoms with Crippen molar-refractivity contribution in [2.24, 2.45) is 0 Å². The molecular formula is C23H22N2. The molecule has 0 fully saturated rings. The second kappa shape index (κ2) is 5.96. The summed E-state index contributed by atoms with van der Waals surface area (Å²) in [4.78, 5) is 9.87. The van der Waals surface area contributed by atoms with Gasteiger partial charge in [0.05, 0.1) is 11.2 Å². The molecule has 25 heavy (non-hydrogen) atoms. The van der Waals surface area contributed by atoms with Gasteiger partial charge in [-0.3, -0.25) is 0 Å². The van der Waals surface area contributed by atoms with Crippen LogP contribution in [0, 0.1) is 13.8 Å². The van der Waals surface area contributed by atoms with Crippen LogP contribution < -0.4 is 0 Å². The van der Waals surface area contributed by atoms with Crippen LogP contribution in [0.4, 0.5) is 0 Å². The highest BCUT2D eigenvalue weighted by Crippen LogP contribution is 2.33. The maximum Gasteiger partial charge on any atom is 0.132 e. The van der Waals surface area contributed by atoms with Crippen LogP contribution >= 0.6 is 0 Å². The Hall–Kier alpha value is -2.74. The molecule has 4 aromatic rings. The minimum Gasteiger partial charge on any atom is -0.232 e. The number of aromatic nitrogens is 2. The van der Waals surface area contributed by atoms with E-state index < -0.39 is 0 Å². The Balaban J connectivity index is 2.14. The van der Waals surface area contributed by atoms with E-state index in [4.69, 9.17) is 9.97 Å². The molecule has 0 unspecified atom stereocenters. The highest BCUT2D eigenvalue weighted by Gasteiger charge is 2.14. The van der Waals surface area contributed by atoms with Crippen LogP contribution in [-0.2, 0) is 0 Å². The monoisotopic (exact) mass is 326 g/mol. The zero-order valence-electron chi connectivity index (χ0n) is 15.2. The van der Waals surface area contributed by atoms with E-state index in [1.54, 1.807) is 0 Å². The van der Waals surface area contributed by atoms with E-state index in [0.717, 1.165) is 22.4 Å². The summed E-state index contributed by atoms with van der Waals surface area (Å²) >= 11 is 0. The Kier molecular flexibility index (Phi) is 3.76. The van der Waals surface area contributed by atoms with Crippen LogP contribution in [0.15, 0.2) is 54.6 Å². The van der Waals surface area contributed by atoms with Crippen LogP contribution in [0.3, 0.4) is 0 Å². The van der Waals surface area contributed by atoms with Gasteiger partial charge in [0.1, 0.15) is 5.82 Å². The Morgan fingerprint density at radius 3 is 2.20 bits per heavy atom. The summed E-state index contributed by atoms with van der Waals surface area (Å²) < 4.78 is 0. The number of aryl methyl sites for hydroxylation is 2. The number of fused-ring (bicyclic) bond motifs is 3. The first kappa shape index (κ1) is 15.8. The molecule has 1 aromatic heterocycles. The number of hydrogen-bond donors (Lipinski definition) is 0. The van der Waals surface area contributed by atoms with E-state index in [2.05, 4.69) is 82.3 Å². The molecule has 0 bridgehead atoms. The van der Waals surface area contributed by atoms with Crippen molar-refractivity contribution in [2.75, 3.05) is 0 Å². The second-order valence-electron chi connectivity index (χ2n) is 7.14. The fraction of sp³-hybridized carbons (Fsp3) is 0.217. The number of rotatable bonds is 2. The van der Waals surface area contributed by atoms with Crippen molar-refractivity contribution < 1.29 is 0 Å². The molecule has 0 amide bonds. The predicted molar refractivity (Wildman–Crippen MR) is 106 cm³/mol. The molecule has 0 atom stereocenters.